The first-order chi connectivity index (χ1) is 17.0. The smallest absolute Gasteiger partial charge is 0.355 e. The molecule has 2 aromatic heterocycles. The molecule has 0 saturated carbocycles. The SMILES string of the molecule is CCCCc1nc(I)c(C(=O)O)n1Cc1c2ccocc-2c(Br)c1-c1ccccc1-c1nnn[nH]1. The fourth-order valence-electron chi connectivity index (χ4n) is 4.35. The number of aromatic carboxylic acids is 1. The quantitative estimate of drug-likeness (QED) is 0.202. The van der Waals surface area contributed by atoms with Crippen LogP contribution in [0.2, 0.25) is 0 Å². The van der Waals surface area contributed by atoms with Gasteiger partial charge in [-0.2, -0.15) is 0 Å². The summed E-state index contributed by atoms with van der Waals surface area (Å²) in [4.78, 5) is 16.9. The van der Waals surface area contributed by atoms with Crippen molar-refractivity contribution in [1.29, 1.82) is 0 Å². The molecule has 0 radical (unpaired) electrons. The van der Waals surface area contributed by atoms with Crippen molar-refractivity contribution in [2.45, 2.75) is 32.7 Å². The number of aryl methyl sites for hydroxylation is 1. The number of nitrogens with one attached hydrogen (secondary N) is 1. The van der Waals surface area contributed by atoms with E-state index in [2.05, 4.69) is 48.5 Å². The van der Waals surface area contributed by atoms with Gasteiger partial charge in [0, 0.05) is 27.6 Å². The van der Waals surface area contributed by atoms with E-state index in [0.717, 1.165) is 56.5 Å². The third-order valence-electron chi connectivity index (χ3n) is 5.95. The lowest BCUT2D eigenvalue weighted by atomic mass is 9.97. The fraction of sp³-hybridized carbons (Fsp3) is 0.208. The molecule has 1 aliphatic carbocycles. The number of unbranched alkanes of at least 4 members (excludes halogenated alkanes) is 1. The second-order valence-electron chi connectivity index (χ2n) is 8.01. The molecule has 0 fully saturated rings. The van der Waals surface area contributed by atoms with Crippen molar-refractivity contribution >= 4 is 44.5 Å². The highest BCUT2D eigenvalue weighted by Crippen LogP contribution is 2.48. The van der Waals surface area contributed by atoms with Crippen molar-refractivity contribution in [2.24, 2.45) is 0 Å². The van der Waals surface area contributed by atoms with Gasteiger partial charge in [0.15, 0.2) is 11.5 Å². The van der Waals surface area contributed by atoms with Crippen molar-refractivity contribution in [3.05, 3.63) is 68.1 Å². The highest BCUT2D eigenvalue weighted by Gasteiger charge is 2.28. The van der Waals surface area contributed by atoms with Crippen LogP contribution in [-0.2, 0) is 13.0 Å². The molecule has 0 atom stereocenters. The maximum Gasteiger partial charge on any atom is 0.355 e. The summed E-state index contributed by atoms with van der Waals surface area (Å²) in [6, 6.07) is 9.75. The molecule has 11 heteroatoms. The van der Waals surface area contributed by atoms with Crippen molar-refractivity contribution in [3.8, 4) is 33.6 Å². The van der Waals surface area contributed by atoms with Crippen LogP contribution in [0.4, 0.5) is 0 Å². The Hall–Kier alpha value is -3.06. The molecule has 2 N–H and O–H groups in total. The molecule has 0 saturated heterocycles. The zero-order chi connectivity index (χ0) is 24.5. The van der Waals surface area contributed by atoms with Gasteiger partial charge in [0.05, 0.1) is 19.1 Å². The number of carboxylic acids is 1. The summed E-state index contributed by atoms with van der Waals surface area (Å²) >= 11 is 5.81. The van der Waals surface area contributed by atoms with E-state index in [1.54, 1.807) is 12.5 Å². The molecule has 3 heterocycles. The average Bonchev–Trinajstić information content (AvgIpc) is 3.56. The molecule has 9 nitrogen and oxygen atoms in total. The van der Waals surface area contributed by atoms with Crippen molar-refractivity contribution in [2.75, 3.05) is 0 Å². The number of aromatic amines is 1. The minimum Gasteiger partial charge on any atom is -0.476 e. The van der Waals surface area contributed by atoms with Crippen LogP contribution in [0.15, 0.2) is 51.7 Å². The normalized spacial score (nSPS) is 11.4. The molecule has 1 aromatic carbocycles. The van der Waals surface area contributed by atoms with Crippen molar-refractivity contribution < 1.29 is 14.3 Å². The Balaban J connectivity index is 1.76. The predicted octanol–water partition coefficient (Wildman–Crippen LogP) is 5.88. The van der Waals surface area contributed by atoms with Crippen LogP contribution in [0.3, 0.4) is 0 Å². The lowest BCUT2D eigenvalue weighted by molar-refractivity contribution is 0.0684. The molecule has 1 aliphatic heterocycles. The highest BCUT2D eigenvalue weighted by atomic mass is 127. The van der Waals surface area contributed by atoms with Crippen LogP contribution in [-0.4, -0.2) is 41.3 Å². The van der Waals surface area contributed by atoms with Gasteiger partial charge < -0.3 is 14.1 Å². The van der Waals surface area contributed by atoms with Crippen molar-refractivity contribution in [3.63, 3.8) is 0 Å². The van der Waals surface area contributed by atoms with Gasteiger partial charge in [-0.3, -0.25) is 0 Å². The molecule has 0 amide bonds. The summed E-state index contributed by atoms with van der Waals surface area (Å²) in [5.74, 6) is 0.308. The van der Waals surface area contributed by atoms with E-state index in [1.165, 1.54) is 0 Å². The molecule has 0 unspecified atom stereocenters. The predicted molar refractivity (Wildman–Crippen MR) is 141 cm³/mol. The molecular weight excluding hydrogens is 627 g/mol. The third kappa shape index (κ3) is 4.27. The van der Waals surface area contributed by atoms with E-state index in [0.29, 0.717) is 22.5 Å². The second kappa shape index (κ2) is 9.90. The molecule has 0 spiro atoms. The van der Waals surface area contributed by atoms with Gasteiger partial charge in [-0.15, -0.1) is 5.10 Å². The number of hydrogen-bond acceptors (Lipinski definition) is 6. The Morgan fingerprint density at radius 3 is 2.71 bits per heavy atom. The Bertz CT molecular complexity index is 1480. The van der Waals surface area contributed by atoms with Crippen LogP contribution in [0.25, 0.3) is 33.6 Å². The maximum atomic E-state index is 12.2. The minimum absolute atomic E-state index is 0.196. The zero-order valence-corrected chi connectivity index (χ0v) is 22.4. The molecule has 2 aliphatic rings. The molecule has 35 heavy (non-hydrogen) atoms. The van der Waals surface area contributed by atoms with Crippen LogP contribution < -0.4 is 0 Å². The largest absolute Gasteiger partial charge is 0.476 e. The van der Waals surface area contributed by atoms with E-state index in [9.17, 15) is 9.90 Å². The molecule has 5 rings (SSSR count). The van der Waals surface area contributed by atoms with Gasteiger partial charge in [0.2, 0.25) is 0 Å². The van der Waals surface area contributed by atoms with Gasteiger partial charge in [-0.25, -0.2) is 14.9 Å². The molecular formula is C24H20BrIN6O3. The summed E-state index contributed by atoms with van der Waals surface area (Å²) in [5.41, 5.74) is 5.67. The number of rotatable bonds is 8. The maximum absolute atomic E-state index is 12.2. The lowest BCUT2D eigenvalue weighted by Crippen LogP contribution is -2.14. The number of carboxylic acid groups (broad SMARTS) is 1. The molecule has 178 valence electrons. The topological polar surface area (TPSA) is 123 Å². The van der Waals surface area contributed by atoms with Crippen molar-refractivity contribution in [1.82, 2.24) is 30.2 Å². The number of fused-ring (bicyclic) bond motifs is 1. The number of imidazole rings is 1. The number of benzene rings is 1. The number of H-pyrrole nitrogens is 1. The number of tetrazole rings is 1. The number of hydrogen-bond donors (Lipinski definition) is 2. The number of carbonyl (C=O) groups is 1. The summed E-state index contributed by atoms with van der Waals surface area (Å²) < 4.78 is 8.66. The monoisotopic (exact) mass is 646 g/mol. The van der Waals surface area contributed by atoms with Gasteiger partial charge in [-0.1, -0.05) is 37.6 Å². The van der Waals surface area contributed by atoms with Crippen LogP contribution in [0.1, 0.15) is 41.6 Å². The summed E-state index contributed by atoms with van der Waals surface area (Å²) in [6.45, 7) is 2.44. The first kappa shape index (κ1) is 23.7. The zero-order valence-electron chi connectivity index (χ0n) is 18.6. The first-order valence-electron chi connectivity index (χ1n) is 11.0. The Labute approximate surface area is 222 Å². The van der Waals surface area contributed by atoms with Gasteiger partial charge in [0.1, 0.15) is 9.53 Å². The van der Waals surface area contributed by atoms with E-state index >= 15 is 0 Å². The molecule has 3 aromatic rings. The standard InChI is InChI=1S/C24H20BrIN6O3/c1-2-3-8-18-27-22(26)21(24(33)34)32(18)11-16-13-9-10-35-12-17(13)20(25)19(16)14-6-4-5-7-15(14)23-28-30-31-29-23/h4-7,9-10,12H,2-3,8,11H2,1H3,(H,33,34)(H,28,29,30,31). The fourth-order valence-corrected chi connectivity index (χ4v) is 5.91. The summed E-state index contributed by atoms with van der Waals surface area (Å²) in [6.07, 6.45) is 5.93. The van der Waals surface area contributed by atoms with E-state index in [-0.39, 0.29) is 5.69 Å². The van der Waals surface area contributed by atoms with Crippen LogP contribution in [0, 0.1) is 3.70 Å². The first-order valence-corrected chi connectivity index (χ1v) is 12.9. The number of halogens is 2. The van der Waals surface area contributed by atoms with E-state index in [1.807, 2.05) is 57.5 Å². The lowest BCUT2D eigenvalue weighted by Gasteiger charge is -2.14. The Kier molecular flexibility index (Phi) is 6.69. The van der Waals surface area contributed by atoms with Crippen LogP contribution >= 0.6 is 38.5 Å². The van der Waals surface area contributed by atoms with Gasteiger partial charge >= 0.3 is 5.97 Å². The second-order valence-corrected chi connectivity index (χ2v) is 9.82. The Morgan fingerprint density at radius 1 is 1.20 bits per heavy atom. The van der Waals surface area contributed by atoms with E-state index < -0.39 is 5.97 Å². The van der Waals surface area contributed by atoms with Gasteiger partial charge in [-0.05, 0) is 78.1 Å². The van der Waals surface area contributed by atoms with Gasteiger partial charge in [0.25, 0.3) is 0 Å². The average molecular weight is 647 g/mol. The van der Waals surface area contributed by atoms with Crippen LogP contribution in [0.5, 0.6) is 0 Å². The Morgan fingerprint density at radius 2 is 2.00 bits per heavy atom. The minimum atomic E-state index is -0.996. The molecule has 0 bridgehead atoms. The number of nitrogens with zero attached hydrogens (tertiary/aromatic N) is 5. The summed E-state index contributed by atoms with van der Waals surface area (Å²) in [7, 11) is 0. The highest BCUT2D eigenvalue weighted by molar-refractivity contribution is 14.1. The summed E-state index contributed by atoms with van der Waals surface area (Å²) in [5, 5.41) is 24.5. The number of aromatic nitrogens is 6. The van der Waals surface area contributed by atoms with E-state index in [4.69, 9.17) is 4.42 Å². The third-order valence-corrected chi connectivity index (χ3v) is 7.52.